The van der Waals surface area contributed by atoms with Crippen molar-refractivity contribution in [1.82, 2.24) is 5.32 Å². The summed E-state index contributed by atoms with van der Waals surface area (Å²) in [5.41, 5.74) is 0.451. The van der Waals surface area contributed by atoms with Gasteiger partial charge >= 0.3 is 5.97 Å². The van der Waals surface area contributed by atoms with E-state index in [0.29, 0.717) is 0 Å². The number of nitrogens with one attached hydrogen (secondary N) is 1. The first-order chi connectivity index (χ1) is 9.54. The summed E-state index contributed by atoms with van der Waals surface area (Å²) in [6, 6.07) is 3.29. The number of carbonyl (C=O) groups is 2. The molecule has 1 aromatic carbocycles. The molecule has 1 atom stereocenters. The predicted molar refractivity (Wildman–Crippen MR) is 78.8 cm³/mol. The van der Waals surface area contributed by atoms with E-state index < -0.39 is 23.7 Å². The Kier molecular flexibility index (Phi) is 5.10. The van der Waals surface area contributed by atoms with Crippen LogP contribution in [0.3, 0.4) is 0 Å². The largest absolute Gasteiger partial charge is 0.480 e. The van der Waals surface area contributed by atoms with Crippen molar-refractivity contribution in [2.24, 2.45) is 5.92 Å². The predicted octanol–water partition coefficient (Wildman–Crippen LogP) is 2.96. The van der Waals surface area contributed by atoms with Crippen molar-refractivity contribution in [1.29, 1.82) is 0 Å². The van der Waals surface area contributed by atoms with E-state index in [2.05, 4.69) is 5.32 Å². The Labute approximate surface area is 124 Å². The van der Waals surface area contributed by atoms with Crippen LogP contribution in [0.4, 0.5) is 4.39 Å². The first kappa shape index (κ1) is 17.1. The Hall–Kier alpha value is -1.91. The summed E-state index contributed by atoms with van der Waals surface area (Å²) in [7, 11) is 0. The number of rotatable bonds is 4. The lowest BCUT2D eigenvalue weighted by Gasteiger charge is -2.21. The zero-order valence-electron chi connectivity index (χ0n) is 13.0. The van der Waals surface area contributed by atoms with Crippen LogP contribution in [0.5, 0.6) is 0 Å². The van der Waals surface area contributed by atoms with Gasteiger partial charge in [-0.15, -0.1) is 0 Å². The second kappa shape index (κ2) is 6.24. The molecule has 5 heteroatoms. The highest BCUT2D eigenvalue weighted by Crippen LogP contribution is 2.24. The highest BCUT2D eigenvalue weighted by atomic mass is 19.1. The van der Waals surface area contributed by atoms with Crippen molar-refractivity contribution in [3.8, 4) is 0 Å². The molecule has 0 saturated heterocycles. The Bertz CT molecular complexity index is 547. The lowest BCUT2D eigenvalue weighted by atomic mass is 9.86. The van der Waals surface area contributed by atoms with Gasteiger partial charge in [-0.2, -0.15) is 0 Å². The van der Waals surface area contributed by atoms with E-state index >= 15 is 0 Å². The third kappa shape index (κ3) is 4.28. The number of carboxylic acid groups (broad SMARTS) is 1. The van der Waals surface area contributed by atoms with Crippen molar-refractivity contribution in [3.63, 3.8) is 0 Å². The SMILES string of the molecule is CC(C)[C@@H](NC(=O)c1cc(C(C)(C)C)ccc1F)C(=O)O. The lowest BCUT2D eigenvalue weighted by molar-refractivity contribution is -0.140. The molecule has 4 nitrogen and oxygen atoms in total. The molecule has 21 heavy (non-hydrogen) atoms. The molecule has 0 bridgehead atoms. The van der Waals surface area contributed by atoms with Crippen molar-refractivity contribution >= 4 is 11.9 Å². The number of hydrogen-bond acceptors (Lipinski definition) is 2. The molecule has 0 spiro atoms. The van der Waals surface area contributed by atoms with Gasteiger partial charge in [0.05, 0.1) is 5.56 Å². The minimum atomic E-state index is -1.13. The van der Waals surface area contributed by atoms with Gasteiger partial charge in [-0.25, -0.2) is 9.18 Å². The molecule has 0 fully saturated rings. The highest BCUT2D eigenvalue weighted by molar-refractivity contribution is 5.97. The van der Waals surface area contributed by atoms with Gasteiger partial charge in [-0.1, -0.05) is 40.7 Å². The summed E-state index contributed by atoms with van der Waals surface area (Å²) in [4.78, 5) is 23.3. The number of hydrogen-bond donors (Lipinski definition) is 2. The fourth-order valence-corrected chi connectivity index (χ4v) is 1.90. The van der Waals surface area contributed by atoms with E-state index in [1.165, 1.54) is 12.1 Å². The number of benzene rings is 1. The van der Waals surface area contributed by atoms with Gasteiger partial charge in [0.15, 0.2) is 0 Å². The summed E-state index contributed by atoms with van der Waals surface area (Å²) < 4.78 is 13.9. The van der Waals surface area contributed by atoms with Crippen LogP contribution in [-0.2, 0) is 10.2 Å². The van der Waals surface area contributed by atoms with Gasteiger partial charge in [0, 0.05) is 0 Å². The van der Waals surface area contributed by atoms with Gasteiger partial charge in [0.2, 0.25) is 0 Å². The van der Waals surface area contributed by atoms with Crippen LogP contribution in [0, 0.1) is 11.7 Å². The molecule has 0 heterocycles. The van der Waals surface area contributed by atoms with E-state index in [1.54, 1.807) is 19.9 Å². The molecule has 0 saturated carbocycles. The Morgan fingerprint density at radius 1 is 1.24 bits per heavy atom. The van der Waals surface area contributed by atoms with Gasteiger partial charge < -0.3 is 10.4 Å². The Morgan fingerprint density at radius 3 is 2.24 bits per heavy atom. The number of carboxylic acids is 1. The molecule has 0 unspecified atom stereocenters. The monoisotopic (exact) mass is 295 g/mol. The maximum absolute atomic E-state index is 13.9. The minimum absolute atomic E-state index is 0.130. The summed E-state index contributed by atoms with van der Waals surface area (Å²) in [6.45, 7) is 9.23. The summed E-state index contributed by atoms with van der Waals surface area (Å²) in [5, 5.41) is 11.5. The average Bonchev–Trinajstić information content (AvgIpc) is 2.33. The van der Waals surface area contributed by atoms with Crippen LogP contribution in [-0.4, -0.2) is 23.0 Å². The van der Waals surface area contributed by atoms with E-state index in [-0.39, 0.29) is 16.9 Å². The summed E-state index contributed by atoms with van der Waals surface area (Å²) >= 11 is 0. The topological polar surface area (TPSA) is 66.4 Å². The van der Waals surface area contributed by atoms with E-state index in [0.717, 1.165) is 5.56 Å². The lowest BCUT2D eigenvalue weighted by Crippen LogP contribution is -2.44. The smallest absolute Gasteiger partial charge is 0.326 e. The molecular formula is C16H22FNO3. The average molecular weight is 295 g/mol. The maximum atomic E-state index is 13.9. The minimum Gasteiger partial charge on any atom is -0.480 e. The Morgan fingerprint density at radius 2 is 1.81 bits per heavy atom. The molecule has 1 rings (SSSR count). The number of carbonyl (C=O) groups excluding carboxylic acids is 1. The first-order valence-electron chi connectivity index (χ1n) is 6.87. The van der Waals surface area contributed by atoms with E-state index in [4.69, 9.17) is 5.11 Å². The molecule has 0 aliphatic rings. The van der Waals surface area contributed by atoms with Crippen LogP contribution in [0.15, 0.2) is 18.2 Å². The van der Waals surface area contributed by atoms with Gasteiger partial charge in [-0.05, 0) is 29.0 Å². The fraction of sp³-hybridized carbons (Fsp3) is 0.500. The van der Waals surface area contributed by atoms with Crippen molar-refractivity contribution in [3.05, 3.63) is 35.1 Å². The van der Waals surface area contributed by atoms with E-state index in [1.807, 2.05) is 20.8 Å². The second-order valence-electron chi connectivity index (χ2n) is 6.48. The normalized spacial score (nSPS) is 13.1. The van der Waals surface area contributed by atoms with Crippen LogP contribution < -0.4 is 5.32 Å². The van der Waals surface area contributed by atoms with Crippen LogP contribution in [0.1, 0.15) is 50.5 Å². The summed E-state index contributed by atoms with van der Waals surface area (Å²) in [6.07, 6.45) is 0. The van der Waals surface area contributed by atoms with Crippen LogP contribution in [0.25, 0.3) is 0 Å². The number of halogens is 1. The van der Waals surface area contributed by atoms with Gasteiger partial charge in [-0.3, -0.25) is 4.79 Å². The third-order valence-electron chi connectivity index (χ3n) is 3.30. The fourth-order valence-electron chi connectivity index (χ4n) is 1.90. The quantitative estimate of drug-likeness (QED) is 0.897. The van der Waals surface area contributed by atoms with Crippen LogP contribution in [0.2, 0.25) is 0 Å². The maximum Gasteiger partial charge on any atom is 0.326 e. The molecule has 1 aromatic rings. The van der Waals surface area contributed by atoms with Gasteiger partial charge in [0.25, 0.3) is 5.91 Å². The molecule has 1 amide bonds. The molecular weight excluding hydrogens is 273 g/mol. The second-order valence-corrected chi connectivity index (χ2v) is 6.48. The highest BCUT2D eigenvalue weighted by Gasteiger charge is 2.26. The molecule has 0 aromatic heterocycles. The zero-order chi connectivity index (χ0) is 16.4. The number of amides is 1. The van der Waals surface area contributed by atoms with Crippen molar-refractivity contribution < 1.29 is 19.1 Å². The third-order valence-corrected chi connectivity index (χ3v) is 3.30. The molecule has 116 valence electrons. The standard InChI is InChI=1S/C16H22FNO3/c1-9(2)13(15(20)21)18-14(19)11-8-10(16(3,4)5)6-7-12(11)17/h6-9,13H,1-5H3,(H,18,19)(H,20,21)/t13-/m1/s1. The first-order valence-corrected chi connectivity index (χ1v) is 6.87. The molecule has 0 aliphatic carbocycles. The van der Waals surface area contributed by atoms with Crippen molar-refractivity contribution in [2.75, 3.05) is 0 Å². The van der Waals surface area contributed by atoms with Crippen molar-refractivity contribution in [2.45, 2.75) is 46.1 Å². The molecule has 0 radical (unpaired) electrons. The van der Waals surface area contributed by atoms with E-state index in [9.17, 15) is 14.0 Å². The summed E-state index contributed by atoms with van der Waals surface area (Å²) in [5.74, 6) is -2.79. The molecule has 0 aliphatic heterocycles. The van der Waals surface area contributed by atoms with Gasteiger partial charge in [0.1, 0.15) is 11.9 Å². The zero-order valence-corrected chi connectivity index (χ0v) is 13.0. The number of aliphatic carboxylic acids is 1. The molecule has 2 N–H and O–H groups in total. The van der Waals surface area contributed by atoms with Crippen LogP contribution >= 0.6 is 0 Å². The Balaban J connectivity index is 3.10.